The quantitative estimate of drug-likeness (QED) is 0.772. The van der Waals surface area contributed by atoms with Gasteiger partial charge in [-0.2, -0.15) is 0 Å². The van der Waals surface area contributed by atoms with Gasteiger partial charge in [-0.15, -0.1) is 0 Å². The van der Waals surface area contributed by atoms with Crippen LogP contribution in [0.15, 0.2) is 18.2 Å². The van der Waals surface area contributed by atoms with Crippen LogP contribution in [0.3, 0.4) is 0 Å². The standard InChI is InChI=1S/C19H26Cl2N2O4/c1-11(24)22-8-13-9-23(18(25)26)10-16(19(2,3)4)27-17(13)12-5-6-14(20)15(21)7-12/h5-7,13,16-17H,8-10H2,1-4H3,(H,22,24)(H,25,26)/t13-,16?,17+/m1/s1. The molecule has 0 saturated carbocycles. The minimum absolute atomic E-state index is 0.179. The topological polar surface area (TPSA) is 78.9 Å². The van der Waals surface area contributed by atoms with Crippen LogP contribution in [-0.4, -0.2) is 47.7 Å². The number of nitrogens with one attached hydrogen (secondary N) is 1. The molecule has 3 atom stereocenters. The number of nitrogens with zero attached hydrogens (tertiary/aromatic N) is 1. The highest BCUT2D eigenvalue weighted by atomic mass is 35.5. The summed E-state index contributed by atoms with van der Waals surface area (Å²) >= 11 is 12.2. The summed E-state index contributed by atoms with van der Waals surface area (Å²) in [4.78, 5) is 24.5. The van der Waals surface area contributed by atoms with Gasteiger partial charge in [-0.3, -0.25) is 4.79 Å². The molecule has 0 radical (unpaired) electrons. The lowest BCUT2D eigenvalue weighted by Crippen LogP contribution is -2.42. The number of hydrogen-bond acceptors (Lipinski definition) is 3. The summed E-state index contributed by atoms with van der Waals surface area (Å²) in [5, 5.41) is 13.3. The van der Waals surface area contributed by atoms with Crippen molar-refractivity contribution in [2.24, 2.45) is 11.3 Å². The monoisotopic (exact) mass is 416 g/mol. The van der Waals surface area contributed by atoms with Crippen molar-refractivity contribution in [2.75, 3.05) is 19.6 Å². The van der Waals surface area contributed by atoms with Gasteiger partial charge in [0.15, 0.2) is 0 Å². The van der Waals surface area contributed by atoms with Crippen molar-refractivity contribution in [2.45, 2.75) is 39.9 Å². The highest BCUT2D eigenvalue weighted by Gasteiger charge is 2.39. The van der Waals surface area contributed by atoms with Crippen LogP contribution in [0.2, 0.25) is 10.0 Å². The molecule has 8 heteroatoms. The van der Waals surface area contributed by atoms with Crippen LogP contribution >= 0.6 is 23.2 Å². The molecular weight excluding hydrogens is 391 g/mol. The van der Waals surface area contributed by atoms with Crippen molar-refractivity contribution in [1.82, 2.24) is 10.2 Å². The summed E-state index contributed by atoms with van der Waals surface area (Å²) in [7, 11) is 0. The minimum Gasteiger partial charge on any atom is -0.465 e. The molecular formula is C19H26Cl2N2O4. The van der Waals surface area contributed by atoms with Crippen LogP contribution in [-0.2, 0) is 9.53 Å². The Bertz CT molecular complexity index is 705. The third-order valence-electron chi connectivity index (χ3n) is 4.70. The Morgan fingerprint density at radius 3 is 2.44 bits per heavy atom. The SMILES string of the molecule is CC(=O)NC[C@@H]1CN(C(=O)O)CC(C(C)(C)C)O[C@H]1c1ccc(Cl)c(Cl)c1. The number of ether oxygens (including phenoxy) is 1. The molecule has 2 rings (SSSR count). The normalized spacial score (nSPS) is 23.6. The van der Waals surface area contributed by atoms with E-state index in [9.17, 15) is 14.7 Å². The molecule has 1 aliphatic heterocycles. The third-order valence-corrected chi connectivity index (χ3v) is 5.44. The summed E-state index contributed by atoms with van der Waals surface area (Å²) in [6.45, 7) is 8.26. The first kappa shape index (κ1) is 21.8. The molecule has 150 valence electrons. The molecule has 2 N–H and O–H groups in total. The Labute approximate surface area is 169 Å². The van der Waals surface area contributed by atoms with Crippen molar-refractivity contribution in [3.8, 4) is 0 Å². The van der Waals surface area contributed by atoms with Crippen LogP contribution in [0, 0.1) is 11.3 Å². The van der Waals surface area contributed by atoms with Gasteiger partial charge in [0, 0.05) is 25.9 Å². The second kappa shape index (κ2) is 8.67. The fraction of sp³-hybridized carbons (Fsp3) is 0.579. The average molecular weight is 417 g/mol. The molecule has 0 bridgehead atoms. The van der Waals surface area contributed by atoms with E-state index in [2.05, 4.69) is 5.32 Å². The number of benzene rings is 1. The van der Waals surface area contributed by atoms with E-state index in [0.29, 0.717) is 16.6 Å². The van der Waals surface area contributed by atoms with E-state index in [4.69, 9.17) is 27.9 Å². The summed E-state index contributed by atoms with van der Waals surface area (Å²) < 4.78 is 6.42. The molecule has 1 unspecified atom stereocenters. The van der Waals surface area contributed by atoms with E-state index >= 15 is 0 Å². The smallest absolute Gasteiger partial charge is 0.407 e. The van der Waals surface area contributed by atoms with Crippen molar-refractivity contribution in [3.05, 3.63) is 33.8 Å². The van der Waals surface area contributed by atoms with Gasteiger partial charge in [0.1, 0.15) is 0 Å². The zero-order chi connectivity index (χ0) is 20.4. The van der Waals surface area contributed by atoms with E-state index in [1.165, 1.54) is 11.8 Å². The first-order valence-corrected chi connectivity index (χ1v) is 9.57. The van der Waals surface area contributed by atoms with Crippen molar-refractivity contribution >= 4 is 35.2 Å². The molecule has 0 aliphatic carbocycles. The van der Waals surface area contributed by atoms with Crippen LogP contribution in [0.4, 0.5) is 4.79 Å². The number of halogens is 2. The van der Waals surface area contributed by atoms with Gasteiger partial charge in [-0.1, -0.05) is 50.0 Å². The first-order chi connectivity index (χ1) is 12.5. The highest BCUT2D eigenvalue weighted by Crippen LogP contribution is 2.38. The van der Waals surface area contributed by atoms with Crippen LogP contribution in [0.25, 0.3) is 0 Å². The van der Waals surface area contributed by atoms with Gasteiger partial charge in [0.05, 0.1) is 28.8 Å². The van der Waals surface area contributed by atoms with Gasteiger partial charge in [-0.25, -0.2) is 4.79 Å². The predicted molar refractivity (Wildman–Crippen MR) is 105 cm³/mol. The molecule has 2 amide bonds. The molecule has 1 fully saturated rings. The second-order valence-corrected chi connectivity index (χ2v) is 8.78. The molecule has 1 aromatic rings. The lowest BCUT2D eigenvalue weighted by molar-refractivity contribution is -0.119. The van der Waals surface area contributed by atoms with E-state index in [0.717, 1.165) is 5.56 Å². The molecule has 0 spiro atoms. The molecule has 27 heavy (non-hydrogen) atoms. The molecule has 1 saturated heterocycles. The summed E-state index contributed by atoms with van der Waals surface area (Å²) in [5.41, 5.74) is 0.534. The highest BCUT2D eigenvalue weighted by molar-refractivity contribution is 6.42. The number of amides is 2. The van der Waals surface area contributed by atoms with E-state index < -0.39 is 12.2 Å². The van der Waals surface area contributed by atoms with Crippen LogP contribution in [0.1, 0.15) is 39.4 Å². The maximum atomic E-state index is 11.7. The average Bonchev–Trinajstić information content (AvgIpc) is 2.75. The predicted octanol–water partition coefficient (Wildman–Crippen LogP) is 4.21. The number of rotatable bonds is 3. The van der Waals surface area contributed by atoms with Crippen molar-refractivity contribution in [1.29, 1.82) is 0 Å². The van der Waals surface area contributed by atoms with Crippen LogP contribution in [0.5, 0.6) is 0 Å². The fourth-order valence-corrected chi connectivity index (χ4v) is 3.41. The van der Waals surface area contributed by atoms with E-state index in [-0.39, 0.29) is 36.4 Å². The molecule has 1 aliphatic rings. The molecule has 1 aromatic carbocycles. The van der Waals surface area contributed by atoms with Crippen LogP contribution < -0.4 is 5.32 Å². The number of hydrogen-bond donors (Lipinski definition) is 2. The maximum absolute atomic E-state index is 11.7. The molecule has 6 nitrogen and oxygen atoms in total. The maximum Gasteiger partial charge on any atom is 0.407 e. The summed E-state index contributed by atoms with van der Waals surface area (Å²) in [6, 6.07) is 5.27. The van der Waals surface area contributed by atoms with Crippen molar-refractivity contribution < 1.29 is 19.4 Å². The largest absolute Gasteiger partial charge is 0.465 e. The number of carboxylic acid groups (broad SMARTS) is 1. The van der Waals surface area contributed by atoms with Gasteiger partial charge < -0.3 is 20.1 Å². The summed E-state index contributed by atoms with van der Waals surface area (Å²) in [6.07, 6.45) is -1.76. The Morgan fingerprint density at radius 2 is 1.93 bits per heavy atom. The lowest BCUT2D eigenvalue weighted by atomic mass is 9.88. The Kier molecular flexibility index (Phi) is 7.00. The fourth-order valence-electron chi connectivity index (χ4n) is 3.11. The Balaban J connectivity index is 2.45. The summed E-state index contributed by atoms with van der Waals surface area (Å²) in [5.74, 6) is -0.448. The van der Waals surface area contributed by atoms with Crippen molar-refractivity contribution in [3.63, 3.8) is 0 Å². The minimum atomic E-state index is -1.00. The first-order valence-electron chi connectivity index (χ1n) is 8.81. The molecule has 0 aromatic heterocycles. The van der Waals surface area contributed by atoms with E-state index in [1.807, 2.05) is 26.8 Å². The second-order valence-electron chi connectivity index (χ2n) is 7.97. The van der Waals surface area contributed by atoms with Gasteiger partial charge in [0.2, 0.25) is 5.91 Å². The molecule has 1 heterocycles. The van der Waals surface area contributed by atoms with Gasteiger partial charge >= 0.3 is 6.09 Å². The van der Waals surface area contributed by atoms with Gasteiger partial charge in [-0.05, 0) is 23.1 Å². The Hall–Kier alpha value is -1.50. The third kappa shape index (κ3) is 5.74. The van der Waals surface area contributed by atoms with Gasteiger partial charge in [0.25, 0.3) is 0 Å². The van der Waals surface area contributed by atoms with E-state index in [1.54, 1.807) is 12.1 Å². The number of carbonyl (C=O) groups excluding carboxylic acids is 1. The Morgan fingerprint density at radius 1 is 1.26 bits per heavy atom. The zero-order valence-electron chi connectivity index (χ0n) is 16.0. The number of carbonyl (C=O) groups is 2. The zero-order valence-corrected chi connectivity index (χ0v) is 17.5. The lowest BCUT2D eigenvalue weighted by Gasteiger charge is -2.34.